The highest BCUT2D eigenvalue weighted by molar-refractivity contribution is 6.30. The van der Waals surface area contributed by atoms with Crippen molar-refractivity contribution in [2.45, 2.75) is 53.5 Å². The summed E-state index contributed by atoms with van der Waals surface area (Å²) in [6.07, 6.45) is 4.65. The van der Waals surface area contributed by atoms with Crippen LogP contribution >= 0.6 is 11.6 Å². The first-order valence-corrected chi connectivity index (χ1v) is 11.1. The first-order chi connectivity index (χ1) is 15.1. The lowest BCUT2D eigenvalue weighted by Crippen LogP contribution is -2.29. The van der Waals surface area contributed by atoms with E-state index in [9.17, 15) is 9.59 Å². The van der Waals surface area contributed by atoms with E-state index in [2.05, 4.69) is 25.8 Å². The van der Waals surface area contributed by atoms with Crippen molar-refractivity contribution in [3.05, 3.63) is 56.7 Å². The van der Waals surface area contributed by atoms with Gasteiger partial charge in [0.1, 0.15) is 5.56 Å². The summed E-state index contributed by atoms with van der Waals surface area (Å²) in [5.74, 6) is -0.0845. The van der Waals surface area contributed by atoms with Crippen LogP contribution in [0.25, 0.3) is 0 Å². The van der Waals surface area contributed by atoms with E-state index in [1.807, 2.05) is 17.6 Å². The lowest BCUT2D eigenvalue weighted by atomic mass is 9.82. The number of rotatable bonds is 10. The van der Waals surface area contributed by atoms with Crippen LogP contribution in [0, 0.1) is 12.3 Å². The van der Waals surface area contributed by atoms with Crippen molar-refractivity contribution in [3.8, 4) is 5.75 Å². The van der Waals surface area contributed by atoms with Gasteiger partial charge >= 0.3 is 5.97 Å². The standard InChI is InChI=1S/C24H33ClN2O5/c1-7-31-23(29)18-15-27(10-9-19(18)28)21(24(3,4)5)14-17-13-20(22(25)26-16(17)2)32-12-8-11-30-6/h9-10,13,15,21H,7-8,11-12,14H2,1-6H3. The van der Waals surface area contributed by atoms with Crippen molar-refractivity contribution in [1.82, 2.24) is 9.55 Å². The third-order valence-corrected chi connectivity index (χ3v) is 5.47. The van der Waals surface area contributed by atoms with Crippen LogP contribution in [-0.2, 0) is 15.9 Å². The summed E-state index contributed by atoms with van der Waals surface area (Å²) in [7, 11) is 1.65. The third-order valence-electron chi connectivity index (χ3n) is 5.20. The van der Waals surface area contributed by atoms with Crippen LogP contribution < -0.4 is 10.2 Å². The van der Waals surface area contributed by atoms with E-state index in [0.717, 1.165) is 17.7 Å². The van der Waals surface area contributed by atoms with Gasteiger partial charge in [0.2, 0.25) is 0 Å². The fraction of sp³-hybridized carbons (Fsp3) is 0.542. The number of aromatic nitrogens is 2. The van der Waals surface area contributed by atoms with Crippen LogP contribution in [0.4, 0.5) is 0 Å². The zero-order valence-electron chi connectivity index (χ0n) is 19.7. The molecule has 0 N–H and O–H groups in total. The van der Waals surface area contributed by atoms with Crippen molar-refractivity contribution in [2.75, 3.05) is 26.9 Å². The Morgan fingerprint density at radius 2 is 2.00 bits per heavy atom. The largest absolute Gasteiger partial charge is 0.490 e. The molecule has 0 spiro atoms. The molecule has 0 saturated carbocycles. The molecule has 0 fully saturated rings. The van der Waals surface area contributed by atoms with Crippen molar-refractivity contribution >= 4 is 17.6 Å². The van der Waals surface area contributed by atoms with Gasteiger partial charge in [-0.25, -0.2) is 9.78 Å². The highest BCUT2D eigenvalue weighted by Crippen LogP contribution is 2.35. The fourth-order valence-corrected chi connectivity index (χ4v) is 3.65. The minimum Gasteiger partial charge on any atom is -0.490 e. The van der Waals surface area contributed by atoms with Crippen LogP contribution in [0.5, 0.6) is 5.75 Å². The SMILES string of the molecule is CCOC(=O)c1cn(C(Cc2cc(OCCCOC)c(Cl)nc2C)C(C)(C)C)ccc1=O. The molecule has 0 saturated heterocycles. The number of carbonyl (C=O) groups is 1. The Morgan fingerprint density at radius 1 is 1.28 bits per heavy atom. The van der Waals surface area contributed by atoms with Crippen LogP contribution in [0.15, 0.2) is 29.3 Å². The minimum absolute atomic E-state index is 0.0247. The van der Waals surface area contributed by atoms with Gasteiger partial charge in [-0.3, -0.25) is 4.79 Å². The predicted molar refractivity (Wildman–Crippen MR) is 125 cm³/mol. The first kappa shape index (κ1) is 25.9. The molecule has 2 heterocycles. The second-order valence-corrected chi connectivity index (χ2v) is 9.05. The normalized spacial score (nSPS) is 12.5. The zero-order valence-corrected chi connectivity index (χ0v) is 20.5. The Bertz CT molecular complexity index is 981. The Morgan fingerprint density at radius 3 is 2.62 bits per heavy atom. The Balaban J connectivity index is 2.39. The number of esters is 1. The van der Waals surface area contributed by atoms with E-state index in [-0.39, 0.29) is 29.1 Å². The maximum Gasteiger partial charge on any atom is 0.343 e. The summed E-state index contributed by atoms with van der Waals surface area (Å²) in [5.41, 5.74) is 1.26. The Hall–Kier alpha value is -2.38. The van der Waals surface area contributed by atoms with E-state index in [1.54, 1.807) is 26.4 Å². The monoisotopic (exact) mass is 464 g/mol. The maximum absolute atomic E-state index is 12.2. The van der Waals surface area contributed by atoms with E-state index >= 15 is 0 Å². The number of hydrogen-bond acceptors (Lipinski definition) is 6. The number of methoxy groups -OCH3 is 1. The highest BCUT2D eigenvalue weighted by atomic mass is 35.5. The number of hydrogen-bond donors (Lipinski definition) is 0. The molecule has 1 atom stereocenters. The summed E-state index contributed by atoms with van der Waals surface area (Å²) in [4.78, 5) is 28.9. The molecule has 8 heteroatoms. The van der Waals surface area contributed by atoms with Crippen molar-refractivity contribution in [1.29, 1.82) is 0 Å². The molecule has 0 aliphatic rings. The molecule has 2 rings (SSSR count). The Kier molecular flexibility index (Phi) is 9.28. The molecule has 176 valence electrons. The quantitative estimate of drug-likeness (QED) is 0.290. The van der Waals surface area contributed by atoms with Crippen molar-refractivity contribution in [2.24, 2.45) is 5.41 Å². The van der Waals surface area contributed by atoms with E-state index < -0.39 is 5.97 Å². The fourth-order valence-electron chi connectivity index (χ4n) is 3.41. The third kappa shape index (κ3) is 6.81. The lowest BCUT2D eigenvalue weighted by molar-refractivity contribution is 0.0523. The number of halogens is 1. The molecule has 2 aromatic heterocycles. The van der Waals surface area contributed by atoms with Crippen LogP contribution in [-0.4, -0.2) is 42.5 Å². The maximum atomic E-state index is 12.2. The second kappa shape index (κ2) is 11.5. The number of aryl methyl sites for hydroxylation is 1. The average Bonchev–Trinajstić information content (AvgIpc) is 2.71. The number of pyridine rings is 2. The summed E-state index contributed by atoms with van der Waals surface area (Å²) >= 11 is 6.30. The number of ether oxygens (including phenoxy) is 3. The van der Waals surface area contributed by atoms with Gasteiger partial charge in [-0.1, -0.05) is 32.4 Å². The average molecular weight is 465 g/mol. The van der Waals surface area contributed by atoms with Crippen LogP contribution in [0.2, 0.25) is 5.15 Å². The molecule has 0 aromatic carbocycles. The summed E-state index contributed by atoms with van der Waals surface area (Å²) < 4.78 is 17.8. The number of carbonyl (C=O) groups excluding carboxylic acids is 1. The van der Waals surface area contributed by atoms with Gasteiger partial charge in [-0.15, -0.1) is 0 Å². The Labute approximate surface area is 194 Å². The molecule has 7 nitrogen and oxygen atoms in total. The van der Waals surface area contributed by atoms with Gasteiger partial charge in [0, 0.05) is 50.3 Å². The molecule has 1 unspecified atom stereocenters. The van der Waals surface area contributed by atoms with E-state index in [4.69, 9.17) is 25.8 Å². The topological polar surface area (TPSA) is 79.7 Å². The molecular formula is C24H33ClN2O5. The lowest BCUT2D eigenvalue weighted by Gasteiger charge is -2.33. The van der Waals surface area contributed by atoms with Gasteiger partial charge in [0.05, 0.1) is 13.2 Å². The molecule has 0 bridgehead atoms. The highest BCUT2D eigenvalue weighted by Gasteiger charge is 2.28. The van der Waals surface area contributed by atoms with Crippen LogP contribution in [0.1, 0.15) is 61.8 Å². The molecule has 0 aliphatic carbocycles. The van der Waals surface area contributed by atoms with E-state index in [1.165, 1.54) is 6.07 Å². The molecular weight excluding hydrogens is 432 g/mol. The smallest absolute Gasteiger partial charge is 0.343 e. The molecule has 32 heavy (non-hydrogen) atoms. The molecule has 2 aromatic rings. The van der Waals surface area contributed by atoms with Gasteiger partial charge in [-0.2, -0.15) is 0 Å². The first-order valence-electron chi connectivity index (χ1n) is 10.7. The molecule has 0 radical (unpaired) electrons. The van der Waals surface area contributed by atoms with Gasteiger partial charge < -0.3 is 18.8 Å². The summed E-state index contributed by atoms with van der Waals surface area (Å²) in [5, 5.41) is 0.323. The van der Waals surface area contributed by atoms with Crippen molar-refractivity contribution < 1.29 is 19.0 Å². The predicted octanol–water partition coefficient (Wildman–Crippen LogP) is 4.63. The molecule has 0 aliphatic heterocycles. The minimum atomic E-state index is -0.615. The van der Waals surface area contributed by atoms with Gasteiger partial charge in [0.15, 0.2) is 16.3 Å². The van der Waals surface area contributed by atoms with Gasteiger partial charge in [0.25, 0.3) is 0 Å². The summed E-state index contributed by atoms with van der Waals surface area (Å²) in [6.45, 7) is 11.2. The molecule has 0 amide bonds. The number of nitrogens with zero attached hydrogens (tertiary/aromatic N) is 2. The second-order valence-electron chi connectivity index (χ2n) is 8.69. The van der Waals surface area contributed by atoms with Gasteiger partial charge in [-0.05, 0) is 37.3 Å². The summed E-state index contributed by atoms with van der Waals surface area (Å²) in [6, 6.07) is 3.26. The van der Waals surface area contributed by atoms with Crippen molar-refractivity contribution in [3.63, 3.8) is 0 Å². The van der Waals surface area contributed by atoms with Crippen LogP contribution in [0.3, 0.4) is 0 Å². The zero-order chi connectivity index (χ0) is 23.9. The van der Waals surface area contributed by atoms with E-state index in [0.29, 0.717) is 30.5 Å².